The smallest absolute Gasteiger partial charge is 0.335 e. The summed E-state index contributed by atoms with van der Waals surface area (Å²) in [5, 5.41) is 21.7. The van der Waals surface area contributed by atoms with Crippen molar-refractivity contribution in [1.29, 1.82) is 0 Å². The molecule has 0 amide bonds. The van der Waals surface area contributed by atoms with E-state index in [0.717, 1.165) is 25.0 Å². The minimum atomic E-state index is -0.940. The Morgan fingerprint density at radius 3 is 2.89 bits per heavy atom. The topological polar surface area (TPSA) is 82.5 Å². The molecule has 0 radical (unpaired) electrons. The third-order valence-corrected chi connectivity index (χ3v) is 3.71. The number of aromatic nitrogens is 1. The molecule has 2 unspecified atom stereocenters. The second-order valence-corrected chi connectivity index (χ2v) is 5.02. The molecule has 1 aromatic heterocycles. The molecule has 3 N–H and O–H groups in total. The molecule has 1 heterocycles. The summed E-state index contributed by atoms with van der Waals surface area (Å²) >= 11 is 0. The molecule has 104 valence electrons. The van der Waals surface area contributed by atoms with Crippen LogP contribution in [0.3, 0.4) is 0 Å². The summed E-state index contributed by atoms with van der Waals surface area (Å²) in [5.74, 6) is -0.104. The summed E-state index contributed by atoms with van der Waals surface area (Å²) in [4.78, 5) is 15.5. The molecule has 1 aliphatic rings. The van der Waals surface area contributed by atoms with E-state index >= 15 is 0 Å². The highest BCUT2D eigenvalue weighted by molar-refractivity contribution is 5.88. The van der Waals surface area contributed by atoms with Gasteiger partial charge in [0.05, 0.1) is 5.56 Å². The van der Waals surface area contributed by atoms with Crippen molar-refractivity contribution in [2.45, 2.75) is 38.6 Å². The average molecular weight is 264 g/mol. The van der Waals surface area contributed by atoms with Crippen LogP contribution in [0.4, 0.5) is 5.82 Å². The van der Waals surface area contributed by atoms with E-state index in [1.54, 1.807) is 12.1 Å². The molecule has 19 heavy (non-hydrogen) atoms. The predicted octanol–water partition coefficient (Wildman–Crippen LogP) is 1.92. The number of aryl methyl sites for hydroxylation is 1. The molecule has 1 fully saturated rings. The number of carboxylic acid groups (broad SMARTS) is 1. The maximum atomic E-state index is 11.1. The summed E-state index contributed by atoms with van der Waals surface area (Å²) in [7, 11) is 0. The highest BCUT2D eigenvalue weighted by atomic mass is 16.4. The number of aliphatic hydroxyl groups excluding tert-OH is 1. The van der Waals surface area contributed by atoms with Crippen LogP contribution in [0.1, 0.15) is 42.2 Å². The van der Waals surface area contributed by atoms with Gasteiger partial charge < -0.3 is 15.5 Å². The van der Waals surface area contributed by atoms with Crippen molar-refractivity contribution in [1.82, 2.24) is 4.98 Å². The fourth-order valence-electron chi connectivity index (χ4n) is 2.60. The first kappa shape index (κ1) is 13.8. The molecule has 5 heteroatoms. The minimum absolute atomic E-state index is 0.164. The maximum Gasteiger partial charge on any atom is 0.335 e. The summed E-state index contributed by atoms with van der Waals surface area (Å²) in [6.45, 7) is 2.11. The Morgan fingerprint density at radius 2 is 2.26 bits per heavy atom. The highest BCUT2D eigenvalue weighted by Crippen LogP contribution is 2.28. The van der Waals surface area contributed by atoms with Gasteiger partial charge in [0.15, 0.2) is 0 Å². The number of nitrogens with zero attached hydrogens (tertiary/aromatic N) is 1. The van der Waals surface area contributed by atoms with Crippen LogP contribution >= 0.6 is 0 Å². The molecule has 0 spiro atoms. The lowest BCUT2D eigenvalue weighted by atomic mass is 10.1. The normalized spacial score (nSPS) is 22.4. The second-order valence-electron chi connectivity index (χ2n) is 5.02. The summed E-state index contributed by atoms with van der Waals surface area (Å²) in [5.41, 5.74) is 1.02. The number of nitrogens with one attached hydrogen (secondary N) is 1. The largest absolute Gasteiger partial charge is 0.478 e. The number of carbonyl (C=O) groups is 1. The molecule has 5 nitrogen and oxygen atoms in total. The Bertz CT molecular complexity index is 462. The lowest BCUT2D eigenvalue weighted by Gasteiger charge is -2.20. The quantitative estimate of drug-likeness (QED) is 0.756. The maximum absolute atomic E-state index is 11.1. The van der Waals surface area contributed by atoms with Gasteiger partial charge >= 0.3 is 5.97 Å². The Kier molecular flexibility index (Phi) is 4.37. The van der Waals surface area contributed by atoms with E-state index in [1.165, 1.54) is 0 Å². The number of aliphatic hydroxyl groups is 1. The first-order valence-corrected chi connectivity index (χ1v) is 6.75. The molecule has 1 aliphatic carbocycles. The van der Waals surface area contributed by atoms with Crippen molar-refractivity contribution >= 4 is 11.8 Å². The molecule has 0 aliphatic heterocycles. The SMILES string of the molecule is CCc1cc(C(=O)O)cc(NC2CCCC2CO)n1. The molecule has 2 rings (SSSR count). The molecule has 0 aromatic carbocycles. The first-order chi connectivity index (χ1) is 9.13. The van der Waals surface area contributed by atoms with E-state index in [-0.39, 0.29) is 24.1 Å². The fraction of sp³-hybridized carbons (Fsp3) is 0.571. The van der Waals surface area contributed by atoms with Gasteiger partial charge in [-0.3, -0.25) is 0 Å². The zero-order chi connectivity index (χ0) is 13.8. The van der Waals surface area contributed by atoms with Crippen LogP contribution in [0.25, 0.3) is 0 Å². The third kappa shape index (κ3) is 3.23. The Hall–Kier alpha value is -1.62. The number of hydrogen-bond acceptors (Lipinski definition) is 4. The van der Waals surface area contributed by atoms with Crippen LogP contribution in [-0.2, 0) is 6.42 Å². The zero-order valence-corrected chi connectivity index (χ0v) is 11.1. The van der Waals surface area contributed by atoms with Gasteiger partial charge in [-0.25, -0.2) is 9.78 Å². The summed E-state index contributed by atoms with van der Waals surface area (Å²) in [6, 6.07) is 3.35. The van der Waals surface area contributed by atoms with Crippen molar-refractivity contribution in [2.24, 2.45) is 5.92 Å². The molecular weight excluding hydrogens is 244 g/mol. The number of rotatable bonds is 5. The number of anilines is 1. The number of aromatic carboxylic acids is 1. The standard InChI is InChI=1S/C14H20N2O3/c1-2-11-6-10(14(18)19)7-13(15-11)16-12-5-3-4-9(12)8-17/h6-7,9,12,17H,2-5,8H2,1H3,(H,15,16)(H,18,19). The first-order valence-electron chi connectivity index (χ1n) is 6.75. The third-order valence-electron chi connectivity index (χ3n) is 3.71. The van der Waals surface area contributed by atoms with Gasteiger partial charge in [-0.05, 0) is 31.4 Å². The van der Waals surface area contributed by atoms with Crippen molar-refractivity contribution < 1.29 is 15.0 Å². The Labute approximate surface area is 112 Å². The van der Waals surface area contributed by atoms with E-state index < -0.39 is 5.97 Å². The molecule has 1 saturated carbocycles. The highest BCUT2D eigenvalue weighted by Gasteiger charge is 2.26. The molecule has 1 aromatic rings. The van der Waals surface area contributed by atoms with Gasteiger partial charge in [-0.1, -0.05) is 13.3 Å². The van der Waals surface area contributed by atoms with E-state index in [0.29, 0.717) is 12.2 Å². The van der Waals surface area contributed by atoms with E-state index in [4.69, 9.17) is 5.11 Å². The lowest BCUT2D eigenvalue weighted by Crippen LogP contribution is -2.27. The monoisotopic (exact) mass is 264 g/mol. The number of hydrogen-bond donors (Lipinski definition) is 3. The van der Waals surface area contributed by atoms with E-state index in [2.05, 4.69) is 10.3 Å². The number of pyridine rings is 1. The second kappa shape index (κ2) is 6.02. The van der Waals surface area contributed by atoms with Crippen LogP contribution in [0.2, 0.25) is 0 Å². The average Bonchev–Trinajstić information content (AvgIpc) is 2.85. The molecular formula is C14H20N2O3. The van der Waals surface area contributed by atoms with E-state index in [1.807, 2.05) is 6.92 Å². The van der Waals surface area contributed by atoms with Crippen LogP contribution in [0, 0.1) is 5.92 Å². The van der Waals surface area contributed by atoms with Crippen LogP contribution in [0.15, 0.2) is 12.1 Å². The Balaban J connectivity index is 2.19. The van der Waals surface area contributed by atoms with Crippen molar-refractivity contribution in [3.63, 3.8) is 0 Å². The van der Waals surface area contributed by atoms with Gasteiger partial charge in [0, 0.05) is 24.3 Å². The van der Waals surface area contributed by atoms with Crippen LogP contribution < -0.4 is 5.32 Å². The van der Waals surface area contributed by atoms with Crippen LogP contribution in [-0.4, -0.2) is 33.8 Å². The summed E-state index contributed by atoms with van der Waals surface area (Å²) < 4.78 is 0. The van der Waals surface area contributed by atoms with Gasteiger partial charge in [-0.2, -0.15) is 0 Å². The predicted molar refractivity (Wildman–Crippen MR) is 72.4 cm³/mol. The Morgan fingerprint density at radius 1 is 1.47 bits per heavy atom. The molecule has 0 bridgehead atoms. The van der Waals surface area contributed by atoms with Gasteiger partial charge in [0.25, 0.3) is 0 Å². The van der Waals surface area contributed by atoms with Gasteiger partial charge in [0.2, 0.25) is 0 Å². The van der Waals surface area contributed by atoms with Crippen molar-refractivity contribution in [3.05, 3.63) is 23.4 Å². The van der Waals surface area contributed by atoms with E-state index in [9.17, 15) is 9.90 Å². The van der Waals surface area contributed by atoms with Crippen molar-refractivity contribution in [2.75, 3.05) is 11.9 Å². The number of carboxylic acids is 1. The minimum Gasteiger partial charge on any atom is -0.478 e. The van der Waals surface area contributed by atoms with Gasteiger partial charge in [-0.15, -0.1) is 0 Å². The zero-order valence-electron chi connectivity index (χ0n) is 11.1. The van der Waals surface area contributed by atoms with Gasteiger partial charge in [0.1, 0.15) is 5.82 Å². The van der Waals surface area contributed by atoms with Crippen molar-refractivity contribution in [3.8, 4) is 0 Å². The van der Waals surface area contributed by atoms with Crippen LogP contribution in [0.5, 0.6) is 0 Å². The lowest BCUT2D eigenvalue weighted by molar-refractivity contribution is 0.0696. The fourth-order valence-corrected chi connectivity index (χ4v) is 2.60. The molecule has 0 saturated heterocycles. The molecule has 2 atom stereocenters. The summed E-state index contributed by atoms with van der Waals surface area (Å²) in [6.07, 6.45) is 3.78.